The van der Waals surface area contributed by atoms with Crippen molar-refractivity contribution < 1.29 is 19.1 Å². The summed E-state index contributed by atoms with van der Waals surface area (Å²) in [5.41, 5.74) is 4.09. The van der Waals surface area contributed by atoms with E-state index in [1.54, 1.807) is 24.2 Å². The number of H-pyrrole nitrogens is 1. The Bertz CT molecular complexity index is 954. The number of nitrogens with zero attached hydrogens (tertiary/aromatic N) is 2. The molecule has 32 heavy (non-hydrogen) atoms. The smallest absolute Gasteiger partial charge is 0.355 e. The van der Waals surface area contributed by atoms with Gasteiger partial charge in [0, 0.05) is 44.1 Å². The number of hydrogen-bond donors (Lipinski definition) is 2. The highest BCUT2D eigenvalue weighted by atomic mass is 16.5. The standard InChI is InChI=1S/C24H32N4O4/c1-4-32-24(31)22-16(2)20(17(3)27-22)9-10-21(29)28-12-6-8-19(15-28)23(30)26-14-18-7-5-11-25-13-18/h5,7,11,13,19,27H,4,6,8-10,12,14-15H2,1-3H3,(H,26,30). The maximum atomic E-state index is 12.9. The summed E-state index contributed by atoms with van der Waals surface area (Å²) in [7, 11) is 0. The number of aromatic nitrogens is 2. The van der Waals surface area contributed by atoms with E-state index < -0.39 is 0 Å². The number of hydrogen-bond acceptors (Lipinski definition) is 5. The molecule has 1 atom stereocenters. The quantitative estimate of drug-likeness (QED) is 0.614. The Balaban J connectivity index is 1.53. The molecule has 2 aromatic rings. The molecule has 1 unspecified atom stereocenters. The predicted molar refractivity (Wildman–Crippen MR) is 120 cm³/mol. The van der Waals surface area contributed by atoms with Crippen LogP contribution in [-0.4, -0.2) is 52.3 Å². The molecule has 0 bridgehead atoms. The van der Waals surface area contributed by atoms with Gasteiger partial charge >= 0.3 is 5.97 Å². The number of carbonyl (C=O) groups excluding carboxylic acids is 3. The second-order valence-corrected chi connectivity index (χ2v) is 8.21. The van der Waals surface area contributed by atoms with Crippen LogP contribution in [0.25, 0.3) is 0 Å². The monoisotopic (exact) mass is 440 g/mol. The molecule has 1 saturated heterocycles. The molecule has 8 nitrogen and oxygen atoms in total. The van der Waals surface area contributed by atoms with E-state index in [1.807, 2.05) is 26.0 Å². The van der Waals surface area contributed by atoms with Gasteiger partial charge in [0.1, 0.15) is 5.69 Å². The van der Waals surface area contributed by atoms with Crippen molar-refractivity contribution >= 4 is 17.8 Å². The van der Waals surface area contributed by atoms with Crippen LogP contribution < -0.4 is 5.32 Å². The van der Waals surface area contributed by atoms with Gasteiger partial charge < -0.3 is 19.9 Å². The molecule has 1 aliphatic rings. The number of carbonyl (C=O) groups is 3. The van der Waals surface area contributed by atoms with E-state index in [-0.39, 0.29) is 23.7 Å². The van der Waals surface area contributed by atoms with Gasteiger partial charge in [-0.1, -0.05) is 6.07 Å². The maximum Gasteiger partial charge on any atom is 0.355 e. The third-order valence-electron chi connectivity index (χ3n) is 6.00. The first-order chi connectivity index (χ1) is 15.4. The van der Waals surface area contributed by atoms with Crippen LogP contribution in [0.1, 0.15) is 59.1 Å². The van der Waals surface area contributed by atoms with Gasteiger partial charge in [0.25, 0.3) is 0 Å². The lowest BCUT2D eigenvalue weighted by Gasteiger charge is -2.32. The first-order valence-corrected chi connectivity index (χ1v) is 11.2. The molecule has 1 aliphatic heterocycles. The van der Waals surface area contributed by atoms with Gasteiger partial charge in [0.05, 0.1) is 12.5 Å². The summed E-state index contributed by atoms with van der Waals surface area (Å²) >= 11 is 0. The van der Waals surface area contributed by atoms with Crippen LogP contribution in [0.3, 0.4) is 0 Å². The molecule has 0 aromatic carbocycles. The number of aromatic amines is 1. The molecule has 3 rings (SSSR count). The Kier molecular flexibility index (Phi) is 8.03. The maximum absolute atomic E-state index is 12.9. The van der Waals surface area contributed by atoms with Crippen molar-refractivity contribution in [3.8, 4) is 0 Å². The zero-order valence-corrected chi connectivity index (χ0v) is 19.1. The van der Waals surface area contributed by atoms with Gasteiger partial charge in [0.15, 0.2) is 0 Å². The Labute approximate surface area is 188 Å². The van der Waals surface area contributed by atoms with Crippen molar-refractivity contribution in [1.82, 2.24) is 20.2 Å². The minimum Gasteiger partial charge on any atom is -0.461 e. The lowest BCUT2D eigenvalue weighted by atomic mass is 9.96. The largest absolute Gasteiger partial charge is 0.461 e. The van der Waals surface area contributed by atoms with Crippen molar-refractivity contribution in [3.05, 3.63) is 52.6 Å². The van der Waals surface area contributed by atoms with Crippen LogP contribution in [0, 0.1) is 19.8 Å². The lowest BCUT2D eigenvalue weighted by Crippen LogP contribution is -2.45. The van der Waals surface area contributed by atoms with Gasteiger partial charge in [-0.25, -0.2) is 4.79 Å². The number of esters is 1. The second kappa shape index (κ2) is 10.9. The average molecular weight is 441 g/mol. The van der Waals surface area contributed by atoms with E-state index in [1.165, 1.54) is 0 Å². The predicted octanol–water partition coefficient (Wildman–Crippen LogP) is 2.69. The zero-order valence-electron chi connectivity index (χ0n) is 19.1. The Hall–Kier alpha value is -3.16. The fourth-order valence-corrected chi connectivity index (χ4v) is 4.22. The van der Waals surface area contributed by atoms with Gasteiger partial charge in [-0.2, -0.15) is 0 Å². The minimum absolute atomic E-state index is 0.0252. The summed E-state index contributed by atoms with van der Waals surface area (Å²) in [6, 6.07) is 3.76. The third-order valence-corrected chi connectivity index (χ3v) is 6.00. The fourth-order valence-electron chi connectivity index (χ4n) is 4.22. The molecule has 3 heterocycles. The molecule has 2 N–H and O–H groups in total. The molecule has 172 valence electrons. The fraction of sp³-hybridized carbons (Fsp3) is 0.500. The topological polar surface area (TPSA) is 104 Å². The van der Waals surface area contributed by atoms with Crippen molar-refractivity contribution in [3.63, 3.8) is 0 Å². The number of piperidine rings is 1. The summed E-state index contributed by atoms with van der Waals surface area (Å²) in [6.45, 7) is 7.41. The number of pyridine rings is 1. The number of rotatable bonds is 8. The highest BCUT2D eigenvalue weighted by molar-refractivity contribution is 5.90. The highest BCUT2D eigenvalue weighted by Gasteiger charge is 2.28. The Morgan fingerprint density at radius 2 is 2.12 bits per heavy atom. The van der Waals surface area contributed by atoms with Gasteiger partial charge in [-0.15, -0.1) is 0 Å². The zero-order chi connectivity index (χ0) is 23.1. The highest BCUT2D eigenvalue weighted by Crippen LogP contribution is 2.22. The first-order valence-electron chi connectivity index (χ1n) is 11.2. The number of ether oxygens (including phenoxy) is 1. The SMILES string of the molecule is CCOC(=O)c1[nH]c(C)c(CCC(=O)N2CCCC(C(=O)NCc3cccnc3)C2)c1C. The molecule has 0 saturated carbocycles. The molecular weight excluding hydrogens is 408 g/mol. The molecule has 2 amide bonds. The van der Waals surface area contributed by atoms with E-state index in [4.69, 9.17) is 4.74 Å². The van der Waals surface area contributed by atoms with Crippen LogP contribution >= 0.6 is 0 Å². The summed E-state index contributed by atoms with van der Waals surface area (Å²) < 4.78 is 5.09. The van der Waals surface area contributed by atoms with Gasteiger partial charge in [-0.3, -0.25) is 14.6 Å². The van der Waals surface area contributed by atoms with Crippen molar-refractivity contribution in [2.24, 2.45) is 5.92 Å². The molecule has 0 radical (unpaired) electrons. The Morgan fingerprint density at radius 3 is 2.84 bits per heavy atom. The van der Waals surface area contributed by atoms with Gasteiger partial charge in [0.2, 0.25) is 11.8 Å². The van der Waals surface area contributed by atoms with Gasteiger partial charge in [-0.05, 0) is 62.8 Å². The number of aryl methyl sites for hydroxylation is 1. The van der Waals surface area contributed by atoms with Crippen LogP contribution in [0.2, 0.25) is 0 Å². The van der Waals surface area contributed by atoms with Crippen molar-refractivity contribution in [2.45, 2.75) is 53.0 Å². The summed E-state index contributed by atoms with van der Waals surface area (Å²) in [4.78, 5) is 46.5. The molecule has 0 spiro atoms. The average Bonchev–Trinajstić information content (AvgIpc) is 3.10. The molecule has 2 aromatic heterocycles. The van der Waals surface area contributed by atoms with E-state index in [0.29, 0.717) is 44.8 Å². The Morgan fingerprint density at radius 1 is 1.31 bits per heavy atom. The molecule has 1 fully saturated rings. The van der Waals surface area contributed by atoms with Crippen LogP contribution in [-0.2, 0) is 27.3 Å². The van der Waals surface area contributed by atoms with Crippen LogP contribution in [0.4, 0.5) is 0 Å². The summed E-state index contributed by atoms with van der Waals surface area (Å²) in [6.07, 6.45) is 5.90. The molecular formula is C24H32N4O4. The molecule has 0 aliphatic carbocycles. The van der Waals surface area contributed by atoms with E-state index in [9.17, 15) is 14.4 Å². The first kappa shape index (κ1) is 23.5. The minimum atomic E-state index is -0.373. The number of nitrogens with one attached hydrogen (secondary N) is 2. The normalized spacial score (nSPS) is 16.0. The molecule has 8 heteroatoms. The van der Waals surface area contributed by atoms with Crippen LogP contribution in [0.5, 0.6) is 0 Å². The second-order valence-electron chi connectivity index (χ2n) is 8.21. The third kappa shape index (κ3) is 5.75. The number of amides is 2. The lowest BCUT2D eigenvalue weighted by molar-refractivity contribution is -0.135. The van der Waals surface area contributed by atoms with E-state index in [2.05, 4.69) is 15.3 Å². The van der Waals surface area contributed by atoms with Crippen molar-refractivity contribution in [1.29, 1.82) is 0 Å². The summed E-state index contributed by atoms with van der Waals surface area (Å²) in [5, 5.41) is 2.96. The van der Waals surface area contributed by atoms with E-state index in [0.717, 1.165) is 35.2 Å². The summed E-state index contributed by atoms with van der Waals surface area (Å²) in [5.74, 6) is -0.562. The van der Waals surface area contributed by atoms with E-state index >= 15 is 0 Å². The van der Waals surface area contributed by atoms with Crippen LogP contribution in [0.15, 0.2) is 24.5 Å². The number of likely N-dealkylation sites (tertiary alicyclic amines) is 1. The van der Waals surface area contributed by atoms with Crippen molar-refractivity contribution in [2.75, 3.05) is 19.7 Å².